The number of nitrogens with one attached hydrogen (secondary N) is 1. The van der Waals surface area contributed by atoms with E-state index in [4.69, 9.17) is 14.2 Å². The molecule has 2 aliphatic heterocycles. The zero-order chi connectivity index (χ0) is 39.3. The van der Waals surface area contributed by atoms with Gasteiger partial charge in [-0.3, -0.25) is 0 Å². The summed E-state index contributed by atoms with van der Waals surface area (Å²) >= 11 is 0. The number of ether oxygens (including phenoxy) is 3. The topological polar surface area (TPSA) is 182 Å². The third-order valence-corrected chi connectivity index (χ3v) is 15.1. The molecule has 0 radical (unpaired) electrons. The van der Waals surface area contributed by atoms with E-state index in [1.165, 1.54) is 25.7 Å². The summed E-state index contributed by atoms with van der Waals surface area (Å²) in [7, 11) is 0. The molecule has 57 heavy (non-hydrogen) atoms. The van der Waals surface area contributed by atoms with Crippen molar-refractivity contribution in [3.63, 3.8) is 0 Å². The predicted molar refractivity (Wildman–Crippen MR) is 211 cm³/mol. The van der Waals surface area contributed by atoms with Gasteiger partial charge in [-0.05, 0) is 127 Å². The number of hydrogen-bond acceptors (Lipinski definition) is 10. The van der Waals surface area contributed by atoms with Gasteiger partial charge in [-0.1, -0.05) is 55.3 Å². The van der Waals surface area contributed by atoms with Gasteiger partial charge in [0.1, 0.15) is 18.5 Å². The Morgan fingerprint density at radius 3 is 2.28 bits per heavy atom. The van der Waals surface area contributed by atoms with Gasteiger partial charge in [-0.25, -0.2) is 4.79 Å². The molecular weight excluding hydrogens is 727 g/mol. The summed E-state index contributed by atoms with van der Waals surface area (Å²) in [6.45, 7) is -1.46. The van der Waals surface area contributed by atoms with Crippen molar-refractivity contribution in [3.8, 4) is 11.5 Å². The third-order valence-electron chi connectivity index (χ3n) is 15.1. The molecule has 5 fully saturated rings. The number of H-pyrrole nitrogens is 1. The average molecular weight is 778 g/mol. The van der Waals surface area contributed by atoms with E-state index in [1.807, 2.05) is 54.6 Å². The summed E-state index contributed by atoms with van der Waals surface area (Å²) < 4.78 is 19.1. The quantitative estimate of drug-likeness (QED) is 0.0798. The van der Waals surface area contributed by atoms with Crippen molar-refractivity contribution in [2.45, 2.75) is 118 Å². The van der Waals surface area contributed by atoms with Gasteiger partial charge in [0, 0.05) is 11.3 Å². The molecule has 0 amide bonds. The standard InChI is InChI=1S/C46H51NO10/c48-24-34-39(36-32-22-27-6-2-1-5-26(27)21-28(32)7-13-33(36)47-34)56-42(52)40-41-45(53,46(54,25-49)57-40)23-29-8-14-35(51)37(38(29)55-41)44(30-9-11-31(50)12-10-30)19-17-43(18-20-44)15-3-4-16-43/h1-2,5-7,9-13,21-22,29,35,37-38,40-41,47-51,53-54H,3-4,8,14-20,23-25H2. The first kappa shape index (κ1) is 37.2. The van der Waals surface area contributed by atoms with Crippen molar-refractivity contribution in [2.75, 3.05) is 6.61 Å². The maximum Gasteiger partial charge on any atom is 0.343 e. The molecule has 2 saturated heterocycles. The number of rotatable bonds is 6. The molecule has 8 unspecified atom stereocenters. The molecule has 0 bridgehead atoms. The van der Waals surface area contributed by atoms with E-state index in [1.54, 1.807) is 12.1 Å². The van der Waals surface area contributed by atoms with Gasteiger partial charge in [-0.2, -0.15) is 0 Å². The number of hydrogen-bond donors (Lipinski definition) is 7. The van der Waals surface area contributed by atoms with Crippen molar-refractivity contribution in [1.29, 1.82) is 0 Å². The van der Waals surface area contributed by atoms with Gasteiger partial charge in [0.05, 0.1) is 35.4 Å². The molecule has 10 rings (SSSR count). The second-order valence-corrected chi connectivity index (χ2v) is 17.9. The summed E-state index contributed by atoms with van der Waals surface area (Å²) in [5.41, 5.74) is -0.498. The molecule has 5 aliphatic rings. The van der Waals surface area contributed by atoms with E-state index in [-0.39, 0.29) is 34.9 Å². The van der Waals surface area contributed by atoms with Gasteiger partial charge >= 0.3 is 5.97 Å². The smallest absolute Gasteiger partial charge is 0.343 e. The van der Waals surface area contributed by atoms with Gasteiger partial charge in [0.25, 0.3) is 0 Å². The van der Waals surface area contributed by atoms with Crippen LogP contribution >= 0.6 is 0 Å². The number of benzene rings is 4. The summed E-state index contributed by atoms with van der Waals surface area (Å²) in [5, 5.41) is 72.0. The van der Waals surface area contributed by atoms with Crippen molar-refractivity contribution >= 4 is 38.4 Å². The van der Waals surface area contributed by atoms with Crippen molar-refractivity contribution < 1.29 is 49.6 Å². The fourth-order valence-corrected chi connectivity index (χ4v) is 12.1. The van der Waals surface area contributed by atoms with Crippen LogP contribution in [-0.2, 0) is 26.3 Å². The number of phenolic OH excluding ortho intramolecular Hbond substituents is 1. The lowest BCUT2D eigenvalue weighted by atomic mass is 9.51. The molecule has 3 aliphatic carbocycles. The number of aromatic hydroxyl groups is 1. The predicted octanol–water partition coefficient (Wildman–Crippen LogP) is 6.01. The molecule has 1 spiro atoms. The minimum Gasteiger partial charge on any atom is -0.508 e. The van der Waals surface area contributed by atoms with Gasteiger partial charge in [0.2, 0.25) is 5.79 Å². The van der Waals surface area contributed by atoms with E-state index in [2.05, 4.69) is 11.1 Å². The van der Waals surface area contributed by atoms with Crippen LogP contribution in [-0.4, -0.2) is 84.0 Å². The number of carbonyl (C=O) groups excluding carboxylic acids is 1. The Morgan fingerprint density at radius 2 is 1.58 bits per heavy atom. The Balaban J connectivity index is 1.03. The highest BCUT2D eigenvalue weighted by Crippen LogP contribution is 2.62. The monoisotopic (exact) mass is 777 g/mol. The number of carbonyl (C=O) groups is 1. The molecular formula is C46H51NO10. The number of phenols is 1. The number of fused-ring (bicyclic) bond motifs is 6. The maximum absolute atomic E-state index is 14.5. The highest BCUT2D eigenvalue weighted by molar-refractivity contribution is 6.14. The SMILES string of the molecule is O=C(Oc1c(CO)[nH]c2ccc3cc4ccccc4cc3c12)C1OC(O)(CO)C2(O)CC3CCC(O)C(C4(c5ccc(O)cc5)CCC5(CCCC5)CC4)C3OC12. The van der Waals surface area contributed by atoms with E-state index in [9.17, 15) is 35.4 Å². The Morgan fingerprint density at radius 1 is 0.860 bits per heavy atom. The van der Waals surface area contributed by atoms with Crippen LogP contribution in [0.25, 0.3) is 32.4 Å². The summed E-state index contributed by atoms with van der Waals surface area (Å²) in [5.74, 6) is -4.01. The minimum absolute atomic E-state index is 0.0331. The van der Waals surface area contributed by atoms with Crippen molar-refractivity contribution in [1.82, 2.24) is 4.98 Å². The Kier molecular flexibility index (Phi) is 8.81. The molecule has 8 atom stereocenters. The van der Waals surface area contributed by atoms with E-state index >= 15 is 0 Å². The van der Waals surface area contributed by atoms with Crippen LogP contribution in [0.3, 0.4) is 0 Å². The van der Waals surface area contributed by atoms with Crippen LogP contribution < -0.4 is 4.74 Å². The van der Waals surface area contributed by atoms with Crippen LogP contribution in [0.5, 0.6) is 11.5 Å². The maximum atomic E-state index is 14.5. The molecule has 3 heterocycles. The van der Waals surface area contributed by atoms with E-state index in [0.717, 1.165) is 52.8 Å². The number of aromatic nitrogens is 1. The van der Waals surface area contributed by atoms with Gasteiger partial charge < -0.3 is 49.8 Å². The second-order valence-electron chi connectivity index (χ2n) is 17.9. The molecule has 1 aromatic heterocycles. The lowest BCUT2D eigenvalue weighted by Crippen LogP contribution is -2.68. The Hall–Kier alpha value is -4.07. The third kappa shape index (κ3) is 5.61. The molecule has 11 nitrogen and oxygen atoms in total. The van der Waals surface area contributed by atoms with Gasteiger partial charge in [0.15, 0.2) is 17.5 Å². The molecule has 4 aromatic carbocycles. The Bertz CT molecular complexity index is 2340. The summed E-state index contributed by atoms with van der Waals surface area (Å²) in [6.07, 6.45) is 4.91. The van der Waals surface area contributed by atoms with Crippen LogP contribution in [0.4, 0.5) is 0 Å². The Labute approximate surface area is 330 Å². The fraction of sp³-hybridized carbons (Fsp3) is 0.500. The van der Waals surface area contributed by atoms with Crippen LogP contribution in [0.15, 0.2) is 72.8 Å². The summed E-state index contributed by atoms with van der Waals surface area (Å²) in [4.78, 5) is 17.7. The second kappa shape index (κ2) is 13.5. The van der Waals surface area contributed by atoms with Gasteiger partial charge in [-0.15, -0.1) is 0 Å². The summed E-state index contributed by atoms with van der Waals surface area (Å²) in [6, 6.07) is 23.1. The fourth-order valence-electron chi connectivity index (χ4n) is 12.1. The van der Waals surface area contributed by atoms with Crippen molar-refractivity contribution in [2.24, 2.45) is 17.3 Å². The van der Waals surface area contributed by atoms with Crippen LogP contribution in [0.1, 0.15) is 81.9 Å². The minimum atomic E-state index is -2.54. The molecule has 11 heteroatoms. The van der Waals surface area contributed by atoms with Crippen LogP contribution in [0, 0.1) is 17.3 Å². The zero-order valence-electron chi connectivity index (χ0n) is 31.9. The van der Waals surface area contributed by atoms with E-state index < -0.39 is 66.3 Å². The molecule has 5 aromatic rings. The first-order chi connectivity index (χ1) is 27.5. The number of esters is 1. The number of aromatic amines is 1. The first-order valence-corrected chi connectivity index (χ1v) is 20.7. The molecule has 300 valence electrons. The molecule has 7 N–H and O–H groups in total. The highest BCUT2D eigenvalue weighted by Gasteiger charge is 2.72. The molecule has 3 saturated carbocycles. The van der Waals surface area contributed by atoms with E-state index in [0.29, 0.717) is 23.7 Å². The van der Waals surface area contributed by atoms with Crippen LogP contribution in [0.2, 0.25) is 0 Å². The zero-order valence-corrected chi connectivity index (χ0v) is 31.9. The lowest BCUT2D eigenvalue weighted by molar-refractivity contribution is -0.309. The largest absolute Gasteiger partial charge is 0.508 e. The average Bonchev–Trinajstić information content (AvgIpc) is 3.90. The normalized spacial score (nSPS) is 33.1. The highest BCUT2D eigenvalue weighted by atomic mass is 16.7. The number of aliphatic hydroxyl groups excluding tert-OH is 3. The van der Waals surface area contributed by atoms with Crippen molar-refractivity contribution in [3.05, 3.63) is 84.1 Å². The number of aliphatic hydroxyl groups is 5. The first-order valence-electron chi connectivity index (χ1n) is 20.7. The lowest BCUT2D eigenvalue weighted by Gasteiger charge is -2.58.